The third kappa shape index (κ3) is 6.75. The van der Waals surface area contributed by atoms with E-state index in [4.69, 9.17) is 14.2 Å². The number of benzene rings is 1. The van der Waals surface area contributed by atoms with Crippen LogP contribution >= 0.6 is 0 Å². The number of guanidine groups is 1. The molecule has 1 atom stereocenters. The van der Waals surface area contributed by atoms with Gasteiger partial charge in [0.05, 0.1) is 33.5 Å². The van der Waals surface area contributed by atoms with Crippen molar-refractivity contribution in [2.75, 3.05) is 47.6 Å². The van der Waals surface area contributed by atoms with E-state index >= 15 is 0 Å². The normalized spacial score (nSPS) is 12.7. The molecule has 0 bridgehead atoms. The highest BCUT2D eigenvalue weighted by atomic mass is 16.5. The van der Waals surface area contributed by atoms with Crippen molar-refractivity contribution in [1.82, 2.24) is 10.6 Å². The number of methoxy groups -OCH3 is 3. The monoisotopic (exact) mass is 325 g/mol. The molecule has 1 rings (SSSR count). The predicted octanol–water partition coefficient (Wildman–Crippen LogP) is 0.939. The van der Waals surface area contributed by atoms with Crippen molar-refractivity contribution in [3.63, 3.8) is 0 Å². The molecule has 0 aliphatic heterocycles. The van der Waals surface area contributed by atoms with Gasteiger partial charge < -0.3 is 30.0 Å². The van der Waals surface area contributed by atoms with E-state index in [1.54, 1.807) is 39.5 Å². The molecule has 7 nitrogen and oxygen atoms in total. The van der Waals surface area contributed by atoms with E-state index < -0.39 is 6.10 Å². The Morgan fingerprint density at radius 2 is 1.78 bits per heavy atom. The van der Waals surface area contributed by atoms with E-state index in [-0.39, 0.29) is 6.54 Å². The summed E-state index contributed by atoms with van der Waals surface area (Å²) >= 11 is 0. The van der Waals surface area contributed by atoms with Gasteiger partial charge in [0.25, 0.3) is 0 Å². The van der Waals surface area contributed by atoms with Crippen LogP contribution in [0.25, 0.3) is 0 Å². The summed E-state index contributed by atoms with van der Waals surface area (Å²) in [6, 6.07) is 5.30. The molecule has 0 radical (unpaired) electrons. The molecular formula is C16H27N3O4. The predicted molar refractivity (Wildman–Crippen MR) is 90.4 cm³/mol. The van der Waals surface area contributed by atoms with E-state index in [0.717, 1.165) is 6.54 Å². The number of hydrogen-bond donors (Lipinski definition) is 3. The molecule has 0 aliphatic rings. The van der Waals surface area contributed by atoms with E-state index in [1.165, 1.54) is 0 Å². The highest BCUT2D eigenvalue weighted by molar-refractivity contribution is 5.79. The summed E-state index contributed by atoms with van der Waals surface area (Å²) in [7, 11) is 4.80. The Morgan fingerprint density at radius 3 is 2.30 bits per heavy atom. The van der Waals surface area contributed by atoms with E-state index in [1.807, 2.05) is 6.92 Å². The van der Waals surface area contributed by atoms with Gasteiger partial charge in [0.2, 0.25) is 0 Å². The zero-order valence-electron chi connectivity index (χ0n) is 14.3. The fourth-order valence-corrected chi connectivity index (χ4v) is 1.92. The maximum atomic E-state index is 10.4. The number of rotatable bonds is 9. The molecule has 3 N–H and O–H groups in total. The van der Waals surface area contributed by atoms with Gasteiger partial charge in [-0.25, -0.2) is 0 Å². The van der Waals surface area contributed by atoms with E-state index in [0.29, 0.717) is 36.2 Å². The molecular weight excluding hydrogens is 298 g/mol. The van der Waals surface area contributed by atoms with Gasteiger partial charge in [0.15, 0.2) is 5.96 Å². The first-order valence-corrected chi connectivity index (χ1v) is 7.56. The van der Waals surface area contributed by atoms with Crippen molar-refractivity contribution in [3.05, 3.63) is 23.8 Å². The summed E-state index contributed by atoms with van der Waals surface area (Å²) < 4.78 is 15.4. The van der Waals surface area contributed by atoms with Crippen molar-refractivity contribution in [1.29, 1.82) is 0 Å². The number of nitrogens with zero attached hydrogens (tertiary/aromatic N) is 1. The average Bonchev–Trinajstić information content (AvgIpc) is 2.58. The summed E-state index contributed by atoms with van der Waals surface area (Å²) in [4.78, 5) is 4.38. The van der Waals surface area contributed by atoms with Gasteiger partial charge in [-0.1, -0.05) is 0 Å². The molecule has 0 aliphatic carbocycles. The fraction of sp³-hybridized carbons (Fsp3) is 0.562. The molecule has 23 heavy (non-hydrogen) atoms. The molecule has 0 heterocycles. The lowest BCUT2D eigenvalue weighted by molar-refractivity contribution is 0.186. The number of nitrogens with one attached hydrogen (secondary N) is 2. The maximum absolute atomic E-state index is 10.4. The van der Waals surface area contributed by atoms with Crippen molar-refractivity contribution < 1.29 is 19.3 Å². The first kappa shape index (κ1) is 19.1. The number of ether oxygens (including phenoxy) is 3. The lowest BCUT2D eigenvalue weighted by atomic mass is 10.1. The van der Waals surface area contributed by atoms with Crippen LogP contribution in [0.15, 0.2) is 23.2 Å². The third-order valence-corrected chi connectivity index (χ3v) is 3.12. The molecule has 0 fully saturated rings. The molecule has 0 saturated heterocycles. The molecule has 1 aromatic rings. The van der Waals surface area contributed by atoms with Crippen molar-refractivity contribution >= 4 is 5.96 Å². The maximum Gasteiger partial charge on any atom is 0.191 e. The number of hydrogen-bond acceptors (Lipinski definition) is 5. The summed E-state index contributed by atoms with van der Waals surface area (Å²) in [6.45, 7) is 4.17. The fourth-order valence-electron chi connectivity index (χ4n) is 1.92. The number of aliphatic hydroxyl groups is 1. The zero-order valence-corrected chi connectivity index (χ0v) is 14.3. The molecule has 1 aromatic carbocycles. The van der Waals surface area contributed by atoms with E-state index in [2.05, 4.69) is 15.6 Å². The van der Waals surface area contributed by atoms with Crippen LogP contribution in [-0.4, -0.2) is 58.6 Å². The number of aliphatic hydroxyl groups excluding tert-OH is 1. The summed E-state index contributed by atoms with van der Waals surface area (Å²) in [5, 5.41) is 16.6. The van der Waals surface area contributed by atoms with Gasteiger partial charge in [0.1, 0.15) is 11.5 Å². The Balaban J connectivity index is 2.75. The van der Waals surface area contributed by atoms with Crippen molar-refractivity contribution in [3.8, 4) is 11.5 Å². The minimum Gasteiger partial charge on any atom is -0.497 e. The Hall–Kier alpha value is -1.99. The lowest BCUT2D eigenvalue weighted by Crippen LogP contribution is -2.39. The Morgan fingerprint density at radius 1 is 1.13 bits per heavy atom. The van der Waals surface area contributed by atoms with Crippen LogP contribution < -0.4 is 20.1 Å². The first-order chi connectivity index (χ1) is 11.1. The van der Waals surface area contributed by atoms with Crippen LogP contribution in [-0.2, 0) is 4.74 Å². The van der Waals surface area contributed by atoms with Gasteiger partial charge in [-0.2, -0.15) is 0 Å². The Kier molecular flexibility index (Phi) is 8.86. The van der Waals surface area contributed by atoms with Crippen LogP contribution in [0.5, 0.6) is 11.5 Å². The molecule has 1 unspecified atom stereocenters. The SMILES string of the molecule is CCNC(=NCC(O)c1cc(OC)cc(OC)c1)NCCOC. The van der Waals surface area contributed by atoms with Crippen LogP contribution in [0, 0.1) is 0 Å². The topological polar surface area (TPSA) is 84.3 Å². The minimum absolute atomic E-state index is 0.221. The second-order valence-electron chi connectivity index (χ2n) is 4.80. The first-order valence-electron chi connectivity index (χ1n) is 7.56. The van der Waals surface area contributed by atoms with Gasteiger partial charge >= 0.3 is 0 Å². The van der Waals surface area contributed by atoms with Gasteiger partial charge in [0, 0.05) is 26.3 Å². The summed E-state index contributed by atoms with van der Waals surface area (Å²) in [5.41, 5.74) is 0.692. The van der Waals surface area contributed by atoms with Crippen LogP contribution in [0.2, 0.25) is 0 Å². The molecule has 0 aromatic heterocycles. The smallest absolute Gasteiger partial charge is 0.191 e. The standard InChI is InChI=1S/C16H27N3O4/c1-5-17-16(18-6-7-21-2)19-11-15(20)12-8-13(22-3)10-14(9-12)23-4/h8-10,15,20H,5-7,11H2,1-4H3,(H2,17,18,19). The van der Waals surface area contributed by atoms with Crippen molar-refractivity contribution in [2.24, 2.45) is 4.99 Å². The van der Waals surface area contributed by atoms with Gasteiger partial charge in [-0.05, 0) is 24.6 Å². The minimum atomic E-state index is -0.753. The molecule has 0 amide bonds. The quantitative estimate of drug-likeness (QED) is 0.356. The lowest BCUT2D eigenvalue weighted by Gasteiger charge is -2.14. The van der Waals surface area contributed by atoms with Crippen LogP contribution in [0.1, 0.15) is 18.6 Å². The second kappa shape index (κ2) is 10.7. The molecule has 130 valence electrons. The summed E-state index contributed by atoms with van der Waals surface area (Å²) in [6.07, 6.45) is -0.753. The number of aliphatic imine (C=N–C) groups is 1. The zero-order chi connectivity index (χ0) is 17.1. The highest BCUT2D eigenvalue weighted by Gasteiger charge is 2.11. The van der Waals surface area contributed by atoms with Gasteiger partial charge in [-0.15, -0.1) is 0 Å². The molecule has 0 spiro atoms. The average molecular weight is 325 g/mol. The molecule has 7 heteroatoms. The largest absolute Gasteiger partial charge is 0.497 e. The third-order valence-electron chi connectivity index (χ3n) is 3.12. The second-order valence-corrected chi connectivity index (χ2v) is 4.80. The Bertz CT molecular complexity index is 472. The van der Waals surface area contributed by atoms with Gasteiger partial charge in [-0.3, -0.25) is 4.99 Å². The van der Waals surface area contributed by atoms with Crippen LogP contribution in [0.4, 0.5) is 0 Å². The summed E-state index contributed by atoms with van der Waals surface area (Å²) in [5.74, 6) is 1.90. The highest BCUT2D eigenvalue weighted by Crippen LogP contribution is 2.26. The van der Waals surface area contributed by atoms with Crippen molar-refractivity contribution in [2.45, 2.75) is 13.0 Å². The van der Waals surface area contributed by atoms with E-state index in [9.17, 15) is 5.11 Å². The van der Waals surface area contributed by atoms with Crippen LogP contribution in [0.3, 0.4) is 0 Å². The Labute approximate surface area is 137 Å². The molecule has 0 saturated carbocycles.